The van der Waals surface area contributed by atoms with Crippen LogP contribution in [0.25, 0.3) is 11.3 Å². The predicted octanol–water partition coefficient (Wildman–Crippen LogP) is 5.17. The first-order valence-corrected chi connectivity index (χ1v) is 13.0. The number of aromatic nitrogens is 2. The Morgan fingerprint density at radius 3 is 2.41 bits per heavy atom. The van der Waals surface area contributed by atoms with Gasteiger partial charge in [-0.05, 0) is 54.6 Å². The number of nitrogens with zero attached hydrogens (tertiary/aromatic N) is 5. The van der Waals surface area contributed by atoms with E-state index in [1.807, 2.05) is 17.0 Å². The Bertz CT molecular complexity index is 1460. The number of hydrogen-bond donors (Lipinski definition) is 0. The van der Waals surface area contributed by atoms with Crippen LogP contribution in [0, 0.1) is 5.82 Å². The molecule has 11 heteroatoms. The number of carbonyl (C=O) groups excluding carboxylic acids is 2. The molecule has 0 spiro atoms. The first-order chi connectivity index (χ1) is 18.9. The summed E-state index contributed by atoms with van der Waals surface area (Å²) < 4.78 is 19.7. The van der Waals surface area contributed by atoms with Gasteiger partial charge in [-0.25, -0.2) is 4.39 Å². The van der Waals surface area contributed by atoms with Crippen LogP contribution in [0.3, 0.4) is 0 Å². The van der Waals surface area contributed by atoms with Crippen LogP contribution in [0.15, 0.2) is 77.4 Å². The van der Waals surface area contributed by atoms with Gasteiger partial charge >= 0.3 is 0 Å². The molecule has 1 saturated heterocycles. The fraction of sp³-hybridized carbons (Fsp3) is 0.214. The molecule has 0 N–H and O–H groups in total. The summed E-state index contributed by atoms with van der Waals surface area (Å²) in [5.41, 5.74) is 1.27. The average Bonchev–Trinajstić information content (AvgIpc) is 3.46. The smallest absolute Gasteiger partial charge is 0.257 e. The van der Waals surface area contributed by atoms with E-state index in [1.165, 1.54) is 29.4 Å². The minimum Gasteiger partial charge on any atom is -0.467 e. The van der Waals surface area contributed by atoms with Gasteiger partial charge in [0.2, 0.25) is 5.91 Å². The van der Waals surface area contributed by atoms with Gasteiger partial charge in [-0.2, -0.15) is 0 Å². The molecule has 0 saturated carbocycles. The minimum absolute atomic E-state index is 0.0471. The van der Waals surface area contributed by atoms with E-state index in [0.717, 1.165) is 5.56 Å². The van der Waals surface area contributed by atoms with Gasteiger partial charge in [-0.3, -0.25) is 9.59 Å². The van der Waals surface area contributed by atoms with Crippen molar-refractivity contribution in [2.75, 3.05) is 37.6 Å². The van der Waals surface area contributed by atoms with Gasteiger partial charge in [-0.15, -0.1) is 10.2 Å². The van der Waals surface area contributed by atoms with Crippen molar-refractivity contribution in [2.45, 2.75) is 6.54 Å². The van der Waals surface area contributed by atoms with E-state index in [2.05, 4.69) is 10.2 Å². The van der Waals surface area contributed by atoms with Crippen molar-refractivity contribution in [3.05, 3.63) is 100 Å². The molecule has 2 aromatic heterocycles. The Kier molecular flexibility index (Phi) is 8.09. The van der Waals surface area contributed by atoms with Crippen LogP contribution in [-0.4, -0.2) is 64.5 Å². The van der Waals surface area contributed by atoms with E-state index in [0.29, 0.717) is 53.5 Å². The van der Waals surface area contributed by atoms with E-state index in [1.54, 1.807) is 41.3 Å². The van der Waals surface area contributed by atoms with Gasteiger partial charge < -0.3 is 19.1 Å². The third-order valence-electron chi connectivity index (χ3n) is 6.46. The third kappa shape index (κ3) is 6.21. The lowest BCUT2D eigenvalue weighted by Gasteiger charge is -2.36. The van der Waals surface area contributed by atoms with E-state index >= 15 is 0 Å². The van der Waals surface area contributed by atoms with Crippen molar-refractivity contribution in [1.82, 2.24) is 20.0 Å². The molecule has 39 heavy (non-hydrogen) atoms. The maximum absolute atomic E-state index is 14.3. The Hall–Kier alpha value is -3.95. The summed E-state index contributed by atoms with van der Waals surface area (Å²) in [5, 5.41) is 9.70. The molecule has 0 atom stereocenters. The van der Waals surface area contributed by atoms with Crippen molar-refractivity contribution in [3.8, 4) is 11.3 Å². The van der Waals surface area contributed by atoms with Gasteiger partial charge in [0.15, 0.2) is 5.82 Å². The molecule has 1 aliphatic rings. The van der Waals surface area contributed by atoms with Gasteiger partial charge in [0.05, 0.1) is 29.1 Å². The molecule has 2 amide bonds. The summed E-state index contributed by atoms with van der Waals surface area (Å²) in [6.07, 6.45) is 1.49. The van der Waals surface area contributed by atoms with Gasteiger partial charge in [-0.1, -0.05) is 35.3 Å². The van der Waals surface area contributed by atoms with Gasteiger partial charge in [0.25, 0.3) is 5.91 Å². The van der Waals surface area contributed by atoms with Crippen molar-refractivity contribution in [2.24, 2.45) is 0 Å². The molecule has 3 heterocycles. The summed E-state index contributed by atoms with van der Waals surface area (Å²) in [5.74, 6) is -0.264. The lowest BCUT2D eigenvalue weighted by atomic mass is 10.1. The number of piperazine rings is 1. The van der Waals surface area contributed by atoms with Crippen molar-refractivity contribution in [3.63, 3.8) is 0 Å². The van der Waals surface area contributed by atoms with Crippen LogP contribution >= 0.6 is 23.2 Å². The molecule has 5 rings (SSSR count). The maximum atomic E-state index is 14.3. The fourth-order valence-corrected chi connectivity index (χ4v) is 4.88. The second-order valence-electron chi connectivity index (χ2n) is 8.99. The second kappa shape index (κ2) is 11.8. The molecule has 0 aliphatic carbocycles. The summed E-state index contributed by atoms with van der Waals surface area (Å²) in [4.78, 5) is 31.4. The normalized spacial score (nSPS) is 13.4. The number of anilines is 1. The second-order valence-corrected chi connectivity index (χ2v) is 9.83. The van der Waals surface area contributed by atoms with Crippen LogP contribution in [-0.2, 0) is 11.3 Å². The number of furan rings is 1. The van der Waals surface area contributed by atoms with E-state index < -0.39 is 11.7 Å². The highest BCUT2D eigenvalue weighted by Gasteiger charge is 2.27. The molecule has 0 unspecified atom stereocenters. The number of amides is 2. The third-order valence-corrected chi connectivity index (χ3v) is 7.01. The van der Waals surface area contributed by atoms with Crippen LogP contribution in [0.2, 0.25) is 10.0 Å². The Labute approximate surface area is 234 Å². The summed E-state index contributed by atoms with van der Waals surface area (Å²) in [7, 11) is 0. The molecule has 0 bridgehead atoms. The highest BCUT2D eigenvalue weighted by Crippen LogP contribution is 2.29. The van der Waals surface area contributed by atoms with Gasteiger partial charge in [0.1, 0.15) is 18.1 Å². The number of hydrogen-bond acceptors (Lipinski definition) is 6. The van der Waals surface area contributed by atoms with Crippen molar-refractivity contribution in [1.29, 1.82) is 0 Å². The molecule has 200 valence electrons. The van der Waals surface area contributed by atoms with Gasteiger partial charge in [0, 0.05) is 36.8 Å². The van der Waals surface area contributed by atoms with Crippen LogP contribution in [0.5, 0.6) is 0 Å². The zero-order chi connectivity index (χ0) is 27.4. The zero-order valence-corrected chi connectivity index (χ0v) is 22.3. The first-order valence-electron chi connectivity index (χ1n) is 12.3. The molecular weight excluding hydrogens is 544 g/mol. The average molecular weight is 568 g/mol. The molecular formula is C28H24Cl2FN5O3. The van der Waals surface area contributed by atoms with Crippen LogP contribution in [0.1, 0.15) is 16.1 Å². The Morgan fingerprint density at radius 1 is 0.949 bits per heavy atom. The highest BCUT2D eigenvalue weighted by atomic mass is 35.5. The molecule has 1 fully saturated rings. The largest absolute Gasteiger partial charge is 0.467 e. The summed E-state index contributed by atoms with van der Waals surface area (Å²) in [6, 6.07) is 18.0. The lowest BCUT2D eigenvalue weighted by molar-refractivity contribution is -0.132. The summed E-state index contributed by atoms with van der Waals surface area (Å²) >= 11 is 12.3. The zero-order valence-electron chi connectivity index (χ0n) is 20.8. The fourth-order valence-electron chi connectivity index (χ4n) is 4.38. The monoisotopic (exact) mass is 567 g/mol. The predicted molar refractivity (Wildman–Crippen MR) is 146 cm³/mol. The van der Waals surface area contributed by atoms with E-state index in [4.69, 9.17) is 27.6 Å². The first kappa shape index (κ1) is 26.6. The quantitative estimate of drug-likeness (QED) is 0.306. The highest BCUT2D eigenvalue weighted by molar-refractivity contribution is 6.36. The minimum atomic E-state index is -0.640. The Morgan fingerprint density at radius 2 is 1.74 bits per heavy atom. The topological polar surface area (TPSA) is 82.8 Å². The molecule has 4 aromatic rings. The summed E-state index contributed by atoms with van der Waals surface area (Å²) in [6.45, 7) is 1.80. The van der Waals surface area contributed by atoms with Crippen molar-refractivity contribution >= 4 is 40.8 Å². The van der Waals surface area contributed by atoms with Crippen molar-refractivity contribution < 1.29 is 18.4 Å². The SMILES string of the molecule is O=C(CN(Cc1ccco1)C(=O)c1ccccc1F)N1CCN(c2ccc(-c3ccc(Cl)cc3Cl)nn2)CC1. The number of rotatable bonds is 7. The molecule has 0 radical (unpaired) electrons. The van der Waals surface area contributed by atoms with E-state index in [9.17, 15) is 14.0 Å². The molecule has 2 aromatic carbocycles. The number of carbonyl (C=O) groups is 2. The number of halogens is 3. The molecule has 1 aliphatic heterocycles. The number of benzene rings is 2. The van der Waals surface area contributed by atoms with E-state index in [-0.39, 0.29) is 24.6 Å². The Balaban J connectivity index is 1.22. The maximum Gasteiger partial charge on any atom is 0.257 e. The standard InChI is InChI=1S/C28H24Cl2FN5O3/c29-19-7-8-21(23(30)16-19)25-9-10-26(33-32-25)34-11-13-35(14-12-34)27(37)18-36(17-20-4-3-15-39-20)28(38)22-5-1-2-6-24(22)31/h1-10,15-16H,11-14,17-18H2. The lowest BCUT2D eigenvalue weighted by Crippen LogP contribution is -2.52. The van der Waals surface area contributed by atoms with Crippen LogP contribution < -0.4 is 4.90 Å². The molecule has 8 nitrogen and oxygen atoms in total. The van der Waals surface area contributed by atoms with Crippen LogP contribution in [0.4, 0.5) is 10.2 Å².